The van der Waals surface area contributed by atoms with E-state index in [4.69, 9.17) is 14.5 Å². The number of nitrogens with one attached hydrogen (secondary N) is 1. The van der Waals surface area contributed by atoms with Gasteiger partial charge in [-0.1, -0.05) is 18.2 Å². The molecule has 7 heteroatoms. The van der Waals surface area contributed by atoms with Gasteiger partial charge < -0.3 is 24.6 Å². The minimum absolute atomic E-state index is 0. The Morgan fingerprint density at radius 3 is 2.46 bits per heavy atom. The number of aliphatic imine (C=N–C) groups is 1. The topological polar surface area (TPSA) is 49.3 Å². The molecule has 0 amide bonds. The summed E-state index contributed by atoms with van der Waals surface area (Å²) in [6, 6.07) is 10.6. The molecule has 1 saturated heterocycles. The molecule has 0 atom stereocenters. The van der Waals surface area contributed by atoms with Crippen LogP contribution in [0.5, 0.6) is 0 Å². The molecule has 0 radical (unpaired) electrons. The second kappa shape index (κ2) is 14.1. The number of halogens is 1. The molecule has 0 spiro atoms. The van der Waals surface area contributed by atoms with Gasteiger partial charge in [0.1, 0.15) is 0 Å². The number of hydrogen-bond acceptors (Lipinski definition) is 4. The van der Waals surface area contributed by atoms with Gasteiger partial charge in [0.25, 0.3) is 0 Å². The maximum absolute atomic E-state index is 5.49. The third-order valence-electron chi connectivity index (χ3n) is 4.18. The normalized spacial score (nSPS) is 14.9. The van der Waals surface area contributed by atoms with Gasteiger partial charge in [-0.15, -0.1) is 24.0 Å². The van der Waals surface area contributed by atoms with Crippen molar-refractivity contribution in [3.05, 3.63) is 30.3 Å². The van der Waals surface area contributed by atoms with Crippen LogP contribution in [0.4, 0.5) is 5.69 Å². The zero-order chi connectivity index (χ0) is 17.7. The quantitative estimate of drug-likeness (QED) is 0.257. The first-order valence-electron chi connectivity index (χ1n) is 9.25. The Morgan fingerprint density at radius 1 is 1.08 bits per heavy atom. The van der Waals surface area contributed by atoms with Gasteiger partial charge in [-0.2, -0.15) is 0 Å². The Morgan fingerprint density at radius 2 is 1.81 bits per heavy atom. The molecule has 1 fully saturated rings. The maximum atomic E-state index is 5.49. The monoisotopic (exact) mass is 476 g/mol. The van der Waals surface area contributed by atoms with E-state index in [1.165, 1.54) is 5.69 Å². The zero-order valence-corrected chi connectivity index (χ0v) is 18.4. The molecule has 1 N–H and O–H groups in total. The highest BCUT2D eigenvalue weighted by atomic mass is 127. The summed E-state index contributed by atoms with van der Waals surface area (Å²) in [4.78, 5) is 9.54. The number of methoxy groups -OCH3 is 1. The number of benzene rings is 1. The Labute approximate surface area is 175 Å². The zero-order valence-electron chi connectivity index (χ0n) is 16.0. The highest BCUT2D eigenvalue weighted by Gasteiger charge is 2.19. The second-order valence-corrected chi connectivity index (χ2v) is 6.00. The predicted molar refractivity (Wildman–Crippen MR) is 119 cm³/mol. The number of anilines is 1. The molecule has 1 aromatic rings. The molecule has 1 aromatic carbocycles. The molecule has 1 aliphatic rings. The molecule has 0 saturated carbocycles. The Hall–Kier alpha value is -1.06. The van der Waals surface area contributed by atoms with E-state index in [0.29, 0.717) is 13.2 Å². The standard InChI is InChI=1S/C19H32N4O2.HI/c1-3-20-19(21-10-7-15-25-17-16-24-2)23-13-11-22(12-14-23)18-8-5-4-6-9-18;/h4-6,8-9H,3,7,10-17H2,1-2H3,(H,20,21);1H. The van der Waals surface area contributed by atoms with Gasteiger partial charge in [0.05, 0.1) is 13.2 Å². The van der Waals surface area contributed by atoms with E-state index in [9.17, 15) is 0 Å². The van der Waals surface area contributed by atoms with E-state index >= 15 is 0 Å². The molecule has 1 heterocycles. The van der Waals surface area contributed by atoms with Gasteiger partial charge in [0.2, 0.25) is 0 Å². The summed E-state index contributed by atoms with van der Waals surface area (Å²) in [7, 11) is 1.69. The minimum Gasteiger partial charge on any atom is -0.382 e. The molecule has 0 aliphatic carbocycles. The van der Waals surface area contributed by atoms with E-state index in [2.05, 4.69) is 52.4 Å². The van der Waals surface area contributed by atoms with Gasteiger partial charge in [-0.25, -0.2) is 0 Å². The van der Waals surface area contributed by atoms with Crippen molar-refractivity contribution >= 4 is 35.6 Å². The van der Waals surface area contributed by atoms with E-state index in [1.54, 1.807) is 7.11 Å². The number of rotatable bonds is 9. The molecule has 0 aromatic heterocycles. The van der Waals surface area contributed by atoms with Crippen LogP contribution in [0.15, 0.2) is 35.3 Å². The van der Waals surface area contributed by atoms with E-state index in [-0.39, 0.29) is 24.0 Å². The van der Waals surface area contributed by atoms with Gasteiger partial charge >= 0.3 is 0 Å². The number of nitrogens with zero attached hydrogens (tertiary/aromatic N) is 3. The van der Waals surface area contributed by atoms with Crippen molar-refractivity contribution in [2.45, 2.75) is 13.3 Å². The number of piperazine rings is 1. The summed E-state index contributed by atoms with van der Waals surface area (Å²) in [5.41, 5.74) is 1.30. The summed E-state index contributed by atoms with van der Waals surface area (Å²) >= 11 is 0. The minimum atomic E-state index is 0. The van der Waals surface area contributed by atoms with Crippen molar-refractivity contribution in [1.82, 2.24) is 10.2 Å². The molecule has 6 nitrogen and oxygen atoms in total. The van der Waals surface area contributed by atoms with Crippen LogP contribution in [0, 0.1) is 0 Å². The smallest absolute Gasteiger partial charge is 0.194 e. The van der Waals surface area contributed by atoms with Gasteiger partial charge in [-0.05, 0) is 25.5 Å². The highest BCUT2D eigenvalue weighted by molar-refractivity contribution is 14.0. The number of hydrogen-bond donors (Lipinski definition) is 1. The predicted octanol–water partition coefficient (Wildman–Crippen LogP) is 2.45. The number of guanidine groups is 1. The largest absolute Gasteiger partial charge is 0.382 e. The lowest BCUT2D eigenvalue weighted by Crippen LogP contribution is -2.52. The highest BCUT2D eigenvalue weighted by Crippen LogP contribution is 2.15. The molecule has 1 aliphatic heterocycles. The molecule has 26 heavy (non-hydrogen) atoms. The van der Waals surface area contributed by atoms with Gasteiger partial charge in [0.15, 0.2) is 5.96 Å². The fourth-order valence-corrected chi connectivity index (χ4v) is 2.84. The Balaban J connectivity index is 0.00000338. The van der Waals surface area contributed by atoms with Crippen molar-refractivity contribution in [3.63, 3.8) is 0 Å². The lowest BCUT2D eigenvalue weighted by atomic mass is 10.2. The SMILES string of the molecule is CCNC(=NCCCOCCOC)N1CCN(c2ccccc2)CC1.I. The summed E-state index contributed by atoms with van der Waals surface area (Å²) in [6.07, 6.45) is 0.933. The lowest BCUT2D eigenvalue weighted by Gasteiger charge is -2.37. The average Bonchev–Trinajstić information content (AvgIpc) is 2.67. The van der Waals surface area contributed by atoms with Crippen LogP contribution in [-0.2, 0) is 9.47 Å². The van der Waals surface area contributed by atoms with Gasteiger partial charge in [0, 0.05) is 58.7 Å². The van der Waals surface area contributed by atoms with Crippen molar-refractivity contribution in [2.24, 2.45) is 4.99 Å². The van der Waals surface area contributed by atoms with Crippen LogP contribution in [0.1, 0.15) is 13.3 Å². The van der Waals surface area contributed by atoms with E-state index in [1.807, 2.05) is 0 Å². The van der Waals surface area contributed by atoms with Crippen molar-refractivity contribution in [3.8, 4) is 0 Å². The first kappa shape index (κ1) is 23.0. The lowest BCUT2D eigenvalue weighted by molar-refractivity contribution is 0.0702. The summed E-state index contributed by atoms with van der Waals surface area (Å²) < 4.78 is 10.5. The van der Waals surface area contributed by atoms with E-state index < -0.39 is 0 Å². The van der Waals surface area contributed by atoms with Crippen LogP contribution in [0.25, 0.3) is 0 Å². The fraction of sp³-hybridized carbons (Fsp3) is 0.632. The maximum Gasteiger partial charge on any atom is 0.194 e. The van der Waals surface area contributed by atoms with Gasteiger partial charge in [-0.3, -0.25) is 4.99 Å². The molecular weight excluding hydrogens is 443 g/mol. The second-order valence-electron chi connectivity index (χ2n) is 6.00. The molecule has 0 bridgehead atoms. The number of para-hydroxylation sites is 1. The summed E-state index contributed by atoms with van der Waals surface area (Å²) in [5.74, 6) is 1.02. The third-order valence-corrected chi connectivity index (χ3v) is 4.18. The van der Waals surface area contributed by atoms with Crippen LogP contribution < -0.4 is 10.2 Å². The molecule has 148 valence electrons. The Kier molecular flexibility index (Phi) is 12.4. The van der Waals surface area contributed by atoms with Crippen molar-refractivity contribution in [1.29, 1.82) is 0 Å². The summed E-state index contributed by atoms with van der Waals surface area (Å²) in [6.45, 7) is 9.85. The summed E-state index contributed by atoms with van der Waals surface area (Å²) in [5, 5.41) is 3.41. The molecular formula is C19H33IN4O2. The third kappa shape index (κ3) is 8.09. The molecule has 0 unspecified atom stereocenters. The van der Waals surface area contributed by atoms with Crippen LogP contribution in [0.2, 0.25) is 0 Å². The van der Waals surface area contributed by atoms with Crippen LogP contribution in [0.3, 0.4) is 0 Å². The first-order valence-corrected chi connectivity index (χ1v) is 9.25. The average molecular weight is 476 g/mol. The number of ether oxygens (including phenoxy) is 2. The van der Waals surface area contributed by atoms with E-state index in [0.717, 1.165) is 58.3 Å². The van der Waals surface area contributed by atoms with Crippen molar-refractivity contribution in [2.75, 3.05) is 71.1 Å². The fourth-order valence-electron chi connectivity index (χ4n) is 2.84. The first-order chi connectivity index (χ1) is 12.3. The van der Waals surface area contributed by atoms with Crippen LogP contribution >= 0.6 is 24.0 Å². The van der Waals surface area contributed by atoms with Crippen LogP contribution in [-0.4, -0.2) is 77.1 Å². The van der Waals surface area contributed by atoms with Crippen molar-refractivity contribution < 1.29 is 9.47 Å². The molecule has 2 rings (SSSR count). The Bertz CT molecular complexity index is 494.